The van der Waals surface area contributed by atoms with Gasteiger partial charge in [-0.1, -0.05) is 231 Å². The molecule has 0 radical (unpaired) electrons. The summed E-state index contributed by atoms with van der Waals surface area (Å²) in [5.74, 6) is -0.507. The Morgan fingerprint density at radius 3 is 1.23 bits per heavy atom. The third-order valence-electron chi connectivity index (χ3n) is 11.7. The number of amides is 1. The van der Waals surface area contributed by atoms with Crippen molar-refractivity contribution in [1.82, 2.24) is 5.32 Å². The number of phosphoric ester groups is 1. The highest BCUT2D eigenvalue weighted by Gasteiger charge is 2.23. The van der Waals surface area contributed by atoms with Crippen LogP contribution in [0.4, 0.5) is 0 Å². The molecule has 0 heterocycles. The van der Waals surface area contributed by atoms with Gasteiger partial charge in [0, 0.05) is 19.4 Å². The van der Waals surface area contributed by atoms with Gasteiger partial charge in [-0.25, -0.2) is 4.57 Å². The molecule has 0 aromatic heterocycles. The maximum absolute atomic E-state index is 12.1. The number of aliphatic hydroxyl groups excluding tert-OH is 1. The summed E-state index contributed by atoms with van der Waals surface area (Å²) in [6.07, 6.45) is 53.0. The highest BCUT2D eigenvalue weighted by molar-refractivity contribution is 7.47. The Hall–Kier alpha value is -1.25. The first kappa shape index (κ1) is 59.8. The first-order valence-corrected chi connectivity index (χ1v) is 27.7. The first-order chi connectivity index (χ1) is 29.8. The van der Waals surface area contributed by atoms with Gasteiger partial charge < -0.3 is 20.1 Å². The zero-order chi connectivity index (χ0) is 44.6. The number of unbranched alkanes of at least 4 members (excludes halogenated alkanes) is 35. The summed E-state index contributed by atoms with van der Waals surface area (Å²) >= 11 is 0. The van der Waals surface area contributed by atoms with E-state index in [2.05, 4.69) is 31.3 Å². The second-order valence-corrected chi connectivity index (χ2v) is 19.3. The van der Waals surface area contributed by atoms with Crippen molar-refractivity contribution in [3.05, 3.63) is 12.2 Å². The fraction of sp³-hybridized carbons (Fsp3) is 0.922. The van der Waals surface area contributed by atoms with Gasteiger partial charge >= 0.3 is 13.8 Å². The molecule has 2 atom stereocenters. The predicted molar refractivity (Wildman–Crippen MR) is 257 cm³/mol. The van der Waals surface area contributed by atoms with Crippen molar-refractivity contribution >= 4 is 19.7 Å². The van der Waals surface area contributed by atoms with Crippen molar-refractivity contribution in [3.63, 3.8) is 0 Å². The van der Waals surface area contributed by atoms with Crippen LogP contribution >= 0.6 is 7.82 Å². The van der Waals surface area contributed by atoms with Crippen molar-refractivity contribution in [2.24, 2.45) is 0 Å². The van der Waals surface area contributed by atoms with E-state index in [1.807, 2.05) is 0 Å². The van der Waals surface area contributed by atoms with Crippen LogP contribution in [0, 0.1) is 0 Å². The van der Waals surface area contributed by atoms with Gasteiger partial charge in [0.15, 0.2) is 0 Å². The quantitative estimate of drug-likeness (QED) is 0.0238. The Morgan fingerprint density at radius 2 is 0.836 bits per heavy atom. The molecule has 362 valence electrons. The summed E-state index contributed by atoms with van der Waals surface area (Å²) in [6, 6.07) is 0. The van der Waals surface area contributed by atoms with Gasteiger partial charge in [0.1, 0.15) is 12.7 Å². The lowest BCUT2D eigenvalue weighted by Gasteiger charge is -2.15. The smallest absolute Gasteiger partial charge is 0.463 e. The molecular weight excluding hydrogens is 786 g/mol. The van der Waals surface area contributed by atoms with Crippen LogP contribution < -0.4 is 5.32 Å². The number of ether oxygens (including phenoxy) is 1. The van der Waals surface area contributed by atoms with Crippen LogP contribution in [0.1, 0.15) is 271 Å². The topological polar surface area (TPSA) is 131 Å². The minimum Gasteiger partial charge on any atom is -0.463 e. The molecule has 0 aromatic rings. The molecule has 0 bridgehead atoms. The second-order valence-electron chi connectivity index (χ2n) is 17.9. The van der Waals surface area contributed by atoms with Crippen LogP contribution in [0.15, 0.2) is 12.2 Å². The fourth-order valence-electron chi connectivity index (χ4n) is 7.73. The molecule has 3 N–H and O–H groups in total. The van der Waals surface area contributed by atoms with E-state index in [9.17, 15) is 24.2 Å². The maximum atomic E-state index is 12.1. The van der Waals surface area contributed by atoms with Gasteiger partial charge in [-0.15, -0.1) is 0 Å². The average Bonchev–Trinajstić information content (AvgIpc) is 3.25. The first-order valence-electron chi connectivity index (χ1n) is 26.2. The van der Waals surface area contributed by atoms with E-state index >= 15 is 0 Å². The van der Waals surface area contributed by atoms with Crippen molar-refractivity contribution < 1.29 is 37.9 Å². The monoisotopic (exact) mass is 886 g/mol. The molecule has 0 spiro atoms. The van der Waals surface area contributed by atoms with E-state index in [0.717, 1.165) is 38.5 Å². The lowest BCUT2D eigenvalue weighted by molar-refractivity contribution is -0.147. The molecule has 0 fully saturated rings. The molecule has 0 aromatic carbocycles. The molecule has 61 heavy (non-hydrogen) atoms. The molecule has 0 saturated carbocycles. The maximum Gasteiger partial charge on any atom is 0.472 e. The van der Waals surface area contributed by atoms with E-state index in [1.165, 1.54) is 205 Å². The largest absolute Gasteiger partial charge is 0.472 e. The predicted octanol–water partition coefficient (Wildman–Crippen LogP) is 15.3. The Labute approximate surface area is 377 Å². The molecule has 2 unspecified atom stereocenters. The number of hydrogen-bond acceptors (Lipinski definition) is 7. The summed E-state index contributed by atoms with van der Waals surface area (Å²) in [5, 5.41) is 12.8. The zero-order valence-electron chi connectivity index (χ0n) is 40.1. The molecule has 1 amide bonds. The average molecular weight is 886 g/mol. The molecule has 0 aliphatic carbocycles. The Bertz CT molecular complexity index is 1010. The molecule has 0 aliphatic heterocycles. The molecular formula is C51H100NO8P. The van der Waals surface area contributed by atoms with E-state index in [4.69, 9.17) is 13.8 Å². The Morgan fingerprint density at radius 1 is 0.492 bits per heavy atom. The second kappa shape index (κ2) is 48.2. The SMILES string of the molecule is CCCCCCCCC/C=C\CCCCCCCCCC(=O)OCC(O)COP(=O)(O)OCCNC(=O)CCCCCCCCCCCCCCCCCCCCCCCC. The van der Waals surface area contributed by atoms with E-state index in [-0.39, 0.29) is 32.1 Å². The summed E-state index contributed by atoms with van der Waals surface area (Å²) in [4.78, 5) is 34.1. The molecule has 0 rings (SSSR count). The lowest BCUT2D eigenvalue weighted by atomic mass is 10.0. The van der Waals surface area contributed by atoms with Crippen LogP contribution in [0.3, 0.4) is 0 Å². The third kappa shape index (κ3) is 49.6. The van der Waals surface area contributed by atoms with Gasteiger partial charge in [-0.3, -0.25) is 18.6 Å². The third-order valence-corrected chi connectivity index (χ3v) is 12.7. The number of hydrogen-bond donors (Lipinski definition) is 3. The van der Waals surface area contributed by atoms with Crippen LogP contribution in [-0.2, 0) is 27.9 Å². The molecule has 0 aliphatic rings. The Balaban J connectivity index is 3.51. The van der Waals surface area contributed by atoms with E-state index < -0.39 is 26.5 Å². The number of carbonyl (C=O) groups is 2. The summed E-state index contributed by atoms with van der Waals surface area (Å²) in [6.45, 7) is 3.61. The van der Waals surface area contributed by atoms with Crippen molar-refractivity contribution in [3.8, 4) is 0 Å². The van der Waals surface area contributed by atoms with Gasteiger partial charge in [0.25, 0.3) is 0 Å². The number of esters is 1. The Kier molecular flexibility index (Phi) is 47.2. The standard InChI is InChI=1S/C51H100NO8P/c1-3-5-7-9-11-13-15-17-19-21-23-24-25-26-27-29-31-33-35-37-39-41-43-50(54)52-45-46-59-61(56,57)60-48-49(53)47-58-51(55)44-42-40-38-36-34-32-30-28-22-20-18-16-14-12-10-8-6-4-2/h20,22,49,53H,3-19,21,23-48H2,1-2H3,(H,52,54)(H,56,57)/b22-20-. The van der Waals surface area contributed by atoms with Crippen LogP contribution in [0.25, 0.3) is 0 Å². The lowest BCUT2D eigenvalue weighted by Crippen LogP contribution is -2.27. The molecule has 0 saturated heterocycles. The number of phosphoric acid groups is 1. The van der Waals surface area contributed by atoms with Crippen molar-refractivity contribution in [2.75, 3.05) is 26.4 Å². The van der Waals surface area contributed by atoms with Gasteiger partial charge in [-0.2, -0.15) is 0 Å². The molecule has 10 heteroatoms. The minimum absolute atomic E-state index is 0.0866. The number of allylic oxidation sites excluding steroid dienone is 2. The van der Waals surface area contributed by atoms with Gasteiger partial charge in [0.05, 0.1) is 13.2 Å². The summed E-state index contributed by atoms with van der Waals surface area (Å²) in [7, 11) is -4.42. The number of rotatable bonds is 50. The van der Waals surface area contributed by atoms with Crippen LogP contribution in [0.5, 0.6) is 0 Å². The van der Waals surface area contributed by atoms with E-state index in [0.29, 0.717) is 6.42 Å². The zero-order valence-corrected chi connectivity index (χ0v) is 41.0. The van der Waals surface area contributed by atoms with Gasteiger partial charge in [0.2, 0.25) is 5.91 Å². The number of nitrogens with one attached hydrogen (secondary N) is 1. The highest BCUT2D eigenvalue weighted by atomic mass is 31.2. The normalized spacial score (nSPS) is 13.2. The van der Waals surface area contributed by atoms with Gasteiger partial charge in [-0.05, 0) is 38.5 Å². The summed E-state index contributed by atoms with van der Waals surface area (Å²) in [5.41, 5.74) is 0. The number of carbonyl (C=O) groups excluding carboxylic acids is 2. The summed E-state index contributed by atoms with van der Waals surface area (Å²) < 4.78 is 27.0. The number of aliphatic hydroxyl groups is 1. The van der Waals surface area contributed by atoms with Crippen molar-refractivity contribution in [1.29, 1.82) is 0 Å². The fourth-order valence-corrected chi connectivity index (χ4v) is 8.49. The van der Waals surface area contributed by atoms with Crippen LogP contribution in [0.2, 0.25) is 0 Å². The van der Waals surface area contributed by atoms with E-state index in [1.54, 1.807) is 0 Å². The minimum atomic E-state index is -4.42. The van der Waals surface area contributed by atoms with Crippen LogP contribution in [-0.4, -0.2) is 54.3 Å². The van der Waals surface area contributed by atoms with Crippen molar-refractivity contribution in [2.45, 2.75) is 277 Å². The highest BCUT2D eigenvalue weighted by Crippen LogP contribution is 2.42. The molecule has 9 nitrogen and oxygen atoms in total.